The van der Waals surface area contributed by atoms with Crippen molar-refractivity contribution in [3.05, 3.63) is 82.8 Å². The van der Waals surface area contributed by atoms with Crippen molar-refractivity contribution in [3.8, 4) is 17.6 Å². The van der Waals surface area contributed by atoms with Gasteiger partial charge in [0.05, 0.1) is 35.9 Å². The first kappa shape index (κ1) is 29.9. The second-order valence-electron chi connectivity index (χ2n) is 9.30. The first-order valence-electron chi connectivity index (χ1n) is 12.9. The SMILES string of the molecule is Cc1cc(C(=O)Nc2cccc(C#C[C@H]3C=NC=C(C(=O)Nc4cccc(CC(=O)NCCO)c4O)C3=S)c2)n(C)n1. The molecular weight excluding hydrogens is 556 g/mol. The summed E-state index contributed by atoms with van der Waals surface area (Å²) in [5, 5.41) is 31.6. The van der Waals surface area contributed by atoms with E-state index in [2.05, 4.69) is 37.9 Å². The molecule has 5 N–H and O–H groups in total. The van der Waals surface area contributed by atoms with Crippen molar-refractivity contribution >= 4 is 52.4 Å². The minimum atomic E-state index is -0.628. The van der Waals surface area contributed by atoms with E-state index in [0.29, 0.717) is 22.5 Å². The summed E-state index contributed by atoms with van der Waals surface area (Å²) in [7, 11) is 1.70. The number of hydrogen-bond donors (Lipinski definition) is 5. The minimum Gasteiger partial charge on any atom is -0.505 e. The van der Waals surface area contributed by atoms with Gasteiger partial charge in [0.25, 0.3) is 11.8 Å². The fourth-order valence-electron chi connectivity index (χ4n) is 4.09. The van der Waals surface area contributed by atoms with Crippen LogP contribution in [0.3, 0.4) is 0 Å². The number of phenolic OH excluding ortho intramolecular Hbond substituents is 1. The van der Waals surface area contributed by atoms with Crippen LogP contribution in [-0.2, 0) is 23.1 Å². The summed E-state index contributed by atoms with van der Waals surface area (Å²) in [6.07, 6.45) is 2.73. The van der Waals surface area contributed by atoms with Crippen LogP contribution in [0, 0.1) is 24.7 Å². The number of aliphatic hydroxyl groups excluding tert-OH is 1. The van der Waals surface area contributed by atoms with Gasteiger partial charge in [-0.2, -0.15) is 5.10 Å². The Morgan fingerprint density at radius 3 is 2.62 bits per heavy atom. The topological polar surface area (TPSA) is 158 Å². The largest absolute Gasteiger partial charge is 0.505 e. The molecule has 0 fully saturated rings. The number of nitrogens with zero attached hydrogens (tertiary/aromatic N) is 3. The third-order valence-electron chi connectivity index (χ3n) is 6.11. The van der Waals surface area contributed by atoms with Crippen LogP contribution in [0.5, 0.6) is 5.75 Å². The molecule has 0 spiro atoms. The Morgan fingerprint density at radius 1 is 1.10 bits per heavy atom. The smallest absolute Gasteiger partial charge is 0.273 e. The second-order valence-corrected chi connectivity index (χ2v) is 9.74. The predicted molar refractivity (Wildman–Crippen MR) is 162 cm³/mol. The number of aryl methyl sites for hydroxylation is 2. The fourth-order valence-corrected chi connectivity index (χ4v) is 4.35. The standard InChI is InChI=1S/C30H28N6O5S/c1-18-13-25(36(2)35-18)30(41)33-22-7-3-5-19(14-22)9-10-21-16-31-17-23(28(21)42)29(40)34-24-8-4-6-20(27(24)39)15-26(38)32-11-12-37/h3-8,13-14,16-17,21,37,39H,11-12,15H2,1-2H3,(H,32,38)(H,33,41)(H,34,40)/t21-/m0/s1. The van der Waals surface area contributed by atoms with E-state index in [-0.39, 0.29) is 53.3 Å². The summed E-state index contributed by atoms with van der Waals surface area (Å²) in [5.41, 5.74) is 2.86. The molecule has 2 heterocycles. The maximum atomic E-state index is 13.1. The van der Waals surface area contributed by atoms with E-state index >= 15 is 0 Å². The van der Waals surface area contributed by atoms with Gasteiger partial charge in [0, 0.05) is 47.7 Å². The number of carbonyl (C=O) groups excluding carboxylic acids is 3. The Labute approximate surface area is 247 Å². The molecule has 0 unspecified atom stereocenters. The normalized spacial score (nSPS) is 13.9. The lowest BCUT2D eigenvalue weighted by atomic mass is 9.97. The predicted octanol–water partition coefficient (Wildman–Crippen LogP) is 2.28. The molecule has 12 heteroatoms. The van der Waals surface area contributed by atoms with Crippen LogP contribution in [0.4, 0.5) is 11.4 Å². The first-order valence-corrected chi connectivity index (χ1v) is 13.3. The van der Waals surface area contributed by atoms with Gasteiger partial charge in [-0.1, -0.05) is 42.3 Å². The number of nitrogens with one attached hydrogen (secondary N) is 3. The van der Waals surface area contributed by atoms with Gasteiger partial charge in [0.2, 0.25) is 5.91 Å². The molecule has 0 radical (unpaired) electrons. The van der Waals surface area contributed by atoms with Crippen LogP contribution in [-0.4, -0.2) is 61.9 Å². The van der Waals surface area contributed by atoms with Crippen molar-refractivity contribution < 1.29 is 24.6 Å². The van der Waals surface area contributed by atoms with Gasteiger partial charge in [-0.25, -0.2) is 0 Å². The summed E-state index contributed by atoms with van der Waals surface area (Å²) >= 11 is 5.54. The Morgan fingerprint density at radius 2 is 1.88 bits per heavy atom. The van der Waals surface area contributed by atoms with Crippen molar-refractivity contribution in [2.24, 2.45) is 18.0 Å². The number of thiocarbonyl (C=S) groups is 1. The van der Waals surface area contributed by atoms with Gasteiger partial charge in [0.1, 0.15) is 11.4 Å². The Balaban J connectivity index is 1.42. The van der Waals surface area contributed by atoms with Crippen LogP contribution in [0.1, 0.15) is 27.3 Å². The van der Waals surface area contributed by atoms with Crippen LogP contribution in [0.15, 0.2) is 65.3 Å². The molecule has 1 aliphatic rings. The number of para-hydroxylation sites is 1. The van der Waals surface area contributed by atoms with E-state index in [0.717, 1.165) is 5.69 Å². The van der Waals surface area contributed by atoms with Crippen LogP contribution in [0.25, 0.3) is 0 Å². The summed E-state index contributed by atoms with van der Waals surface area (Å²) in [4.78, 5) is 42.1. The van der Waals surface area contributed by atoms with Crippen molar-refractivity contribution in [1.82, 2.24) is 15.1 Å². The molecule has 3 aromatic rings. The van der Waals surface area contributed by atoms with Crippen LogP contribution < -0.4 is 16.0 Å². The highest BCUT2D eigenvalue weighted by Gasteiger charge is 2.24. The highest BCUT2D eigenvalue weighted by molar-refractivity contribution is 7.81. The minimum absolute atomic E-state index is 0.0972. The first-order chi connectivity index (χ1) is 20.2. The molecule has 214 valence electrons. The number of phenols is 1. The van der Waals surface area contributed by atoms with Crippen LogP contribution in [0.2, 0.25) is 0 Å². The molecule has 1 aliphatic heterocycles. The number of hydrogen-bond acceptors (Lipinski definition) is 8. The molecule has 1 atom stereocenters. The monoisotopic (exact) mass is 584 g/mol. The number of benzene rings is 2. The lowest BCUT2D eigenvalue weighted by Crippen LogP contribution is -2.28. The quantitative estimate of drug-likeness (QED) is 0.154. The average Bonchev–Trinajstić information content (AvgIpc) is 3.31. The van der Waals surface area contributed by atoms with E-state index in [4.69, 9.17) is 17.3 Å². The van der Waals surface area contributed by atoms with Gasteiger partial charge in [-0.3, -0.25) is 24.1 Å². The molecule has 0 bridgehead atoms. The Bertz CT molecular complexity index is 1680. The number of aliphatic imine (C=N–C) groups is 1. The van der Waals surface area contributed by atoms with Gasteiger partial charge < -0.3 is 26.2 Å². The molecule has 42 heavy (non-hydrogen) atoms. The highest BCUT2D eigenvalue weighted by atomic mass is 32.1. The molecule has 0 saturated heterocycles. The van der Waals surface area contributed by atoms with Crippen LogP contribution >= 0.6 is 12.2 Å². The van der Waals surface area contributed by atoms with E-state index in [1.807, 2.05) is 6.92 Å². The lowest BCUT2D eigenvalue weighted by molar-refractivity contribution is -0.120. The number of aromatic nitrogens is 2. The molecule has 1 aromatic heterocycles. The third kappa shape index (κ3) is 7.34. The van der Waals surface area contributed by atoms with Crippen molar-refractivity contribution in [2.75, 3.05) is 23.8 Å². The number of aromatic hydroxyl groups is 1. The molecule has 0 aliphatic carbocycles. The zero-order valence-corrected chi connectivity index (χ0v) is 23.7. The number of amides is 3. The lowest BCUT2D eigenvalue weighted by Gasteiger charge is -2.16. The Hall–Kier alpha value is -5.12. The summed E-state index contributed by atoms with van der Waals surface area (Å²) in [6.45, 7) is 1.70. The number of carbonyl (C=O) groups is 3. The molecule has 4 rings (SSSR count). The van der Waals surface area contributed by atoms with Gasteiger partial charge in [0.15, 0.2) is 0 Å². The van der Waals surface area contributed by atoms with Crippen molar-refractivity contribution in [2.45, 2.75) is 13.3 Å². The number of rotatable bonds is 8. The number of aliphatic hydroxyl groups is 1. The zero-order valence-electron chi connectivity index (χ0n) is 22.8. The second kappa shape index (κ2) is 13.5. The molecule has 3 amide bonds. The van der Waals surface area contributed by atoms with Crippen molar-refractivity contribution in [1.29, 1.82) is 0 Å². The van der Waals surface area contributed by atoms with Gasteiger partial charge in [-0.15, -0.1) is 0 Å². The fraction of sp³-hybridized carbons (Fsp3) is 0.200. The van der Waals surface area contributed by atoms with E-state index in [9.17, 15) is 19.5 Å². The number of anilines is 2. The van der Waals surface area contributed by atoms with Crippen molar-refractivity contribution in [3.63, 3.8) is 0 Å². The molecule has 0 saturated carbocycles. The summed E-state index contributed by atoms with van der Waals surface area (Å²) < 4.78 is 1.51. The molecule has 11 nitrogen and oxygen atoms in total. The average molecular weight is 585 g/mol. The summed E-state index contributed by atoms with van der Waals surface area (Å²) in [6, 6.07) is 13.4. The van der Waals surface area contributed by atoms with Gasteiger partial charge >= 0.3 is 0 Å². The Kier molecular flexibility index (Phi) is 9.59. The highest BCUT2D eigenvalue weighted by Crippen LogP contribution is 2.29. The third-order valence-corrected chi connectivity index (χ3v) is 6.59. The van der Waals surface area contributed by atoms with E-state index in [1.54, 1.807) is 49.5 Å². The zero-order chi connectivity index (χ0) is 30.2. The van der Waals surface area contributed by atoms with E-state index in [1.165, 1.54) is 23.2 Å². The summed E-state index contributed by atoms with van der Waals surface area (Å²) in [5.74, 6) is 3.89. The van der Waals surface area contributed by atoms with Gasteiger partial charge in [-0.05, 0) is 37.3 Å². The maximum absolute atomic E-state index is 13.1. The molecule has 2 aromatic carbocycles. The van der Waals surface area contributed by atoms with E-state index < -0.39 is 11.8 Å². The molecular formula is C30H28N6O5S. The maximum Gasteiger partial charge on any atom is 0.273 e.